The van der Waals surface area contributed by atoms with E-state index < -0.39 is 23.5 Å². The highest BCUT2D eigenvalue weighted by Gasteiger charge is 2.30. The zero-order valence-electron chi connectivity index (χ0n) is 13.2. The molecule has 128 valence electrons. The third kappa shape index (κ3) is 4.66. The monoisotopic (exact) mass is 387 g/mol. The van der Waals surface area contributed by atoms with Gasteiger partial charge in [0.25, 0.3) is 5.91 Å². The average molecular weight is 388 g/mol. The van der Waals surface area contributed by atoms with E-state index in [-0.39, 0.29) is 15.1 Å². The zero-order chi connectivity index (χ0) is 17.9. The van der Waals surface area contributed by atoms with Gasteiger partial charge in [0.15, 0.2) is 5.69 Å². The van der Waals surface area contributed by atoms with Gasteiger partial charge in [0.2, 0.25) is 6.10 Å². The molecule has 2 aromatic rings. The van der Waals surface area contributed by atoms with Gasteiger partial charge >= 0.3 is 5.97 Å². The molecule has 0 fully saturated rings. The third-order valence-corrected chi connectivity index (χ3v) is 4.37. The molecule has 2 aromatic heterocycles. The molecule has 0 unspecified atom stereocenters. The van der Waals surface area contributed by atoms with Gasteiger partial charge in [0.1, 0.15) is 9.36 Å². The van der Waals surface area contributed by atoms with Crippen LogP contribution in [0, 0.1) is 0 Å². The number of hydrogen-bond acceptors (Lipinski definition) is 6. The lowest BCUT2D eigenvalue weighted by molar-refractivity contribution is -0.131. The Bertz CT molecular complexity index is 744. The minimum Gasteiger partial charge on any atom is -0.442 e. The fourth-order valence-corrected chi connectivity index (χ4v) is 2.78. The molecule has 0 aliphatic rings. The maximum Gasteiger partial charge on any atom is 0.360 e. The molecule has 0 aliphatic heterocycles. The summed E-state index contributed by atoms with van der Waals surface area (Å²) in [6.45, 7) is 5.48. The van der Waals surface area contributed by atoms with Crippen LogP contribution in [0.3, 0.4) is 0 Å². The van der Waals surface area contributed by atoms with E-state index >= 15 is 0 Å². The Kier molecular flexibility index (Phi) is 5.79. The van der Waals surface area contributed by atoms with Crippen molar-refractivity contribution in [3.05, 3.63) is 45.1 Å². The van der Waals surface area contributed by atoms with Crippen molar-refractivity contribution >= 4 is 46.6 Å². The lowest BCUT2D eigenvalue weighted by Crippen LogP contribution is -2.44. The number of carbonyl (C=O) groups excluding carboxylic acids is 2. The smallest absolute Gasteiger partial charge is 0.360 e. The summed E-state index contributed by atoms with van der Waals surface area (Å²) >= 11 is 12.6. The Hall–Kier alpha value is -1.70. The number of amides is 1. The molecule has 2 rings (SSSR count). The molecule has 2 heterocycles. The largest absolute Gasteiger partial charge is 0.442 e. The summed E-state index contributed by atoms with van der Waals surface area (Å²) in [6, 6.07) is 3.19. The topological polar surface area (TPSA) is 81.2 Å². The van der Waals surface area contributed by atoms with E-state index in [9.17, 15) is 9.59 Å². The Morgan fingerprint density at radius 2 is 1.88 bits per heavy atom. The van der Waals surface area contributed by atoms with Gasteiger partial charge in [-0.3, -0.25) is 9.78 Å². The van der Waals surface area contributed by atoms with Crippen LogP contribution in [0.1, 0.15) is 42.9 Å². The average Bonchev–Trinajstić information content (AvgIpc) is 2.83. The van der Waals surface area contributed by atoms with Gasteiger partial charge in [-0.2, -0.15) is 4.37 Å². The number of hydrogen-bond donors (Lipinski definition) is 1. The summed E-state index contributed by atoms with van der Waals surface area (Å²) < 4.78 is 9.39. The van der Waals surface area contributed by atoms with Crippen LogP contribution in [-0.2, 0) is 9.53 Å². The van der Waals surface area contributed by atoms with Gasteiger partial charge in [-0.1, -0.05) is 23.2 Å². The molecular formula is C15H15Cl2N3O3S. The SMILES string of the molecule is CC(C)(C)NC(=O)[C@H](OC(=O)c1nsc(Cl)c1Cl)c1ccncc1. The van der Waals surface area contributed by atoms with Crippen LogP contribution in [0.25, 0.3) is 0 Å². The first kappa shape index (κ1) is 18.6. The quantitative estimate of drug-likeness (QED) is 0.809. The highest BCUT2D eigenvalue weighted by Crippen LogP contribution is 2.31. The first-order valence-electron chi connectivity index (χ1n) is 6.92. The number of esters is 1. The maximum atomic E-state index is 12.5. The van der Waals surface area contributed by atoms with Crippen LogP contribution in [0.2, 0.25) is 9.36 Å². The predicted octanol–water partition coefficient (Wildman–Crippen LogP) is 3.66. The van der Waals surface area contributed by atoms with E-state index in [1.807, 2.05) is 20.8 Å². The van der Waals surface area contributed by atoms with Crippen molar-refractivity contribution in [3.8, 4) is 0 Å². The fraction of sp³-hybridized carbons (Fsp3) is 0.333. The second-order valence-electron chi connectivity index (χ2n) is 5.92. The minimum atomic E-state index is -1.16. The van der Waals surface area contributed by atoms with Gasteiger partial charge in [-0.15, -0.1) is 0 Å². The Morgan fingerprint density at radius 3 is 2.38 bits per heavy atom. The van der Waals surface area contributed by atoms with Crippen LogP contribution in [0.5, 0.6) is 0 Å². The lowest BCUT2D eigenvalue weighted by atomic mass is 10.1. The Labute approximate surface area is 153 Å². The lowest BCUT2D eigenvalue weighted by Gasteiger charge is -2.25. The van der Waals surface area contributed by atoms with Crippen LogP contribution >= 0.6 is 34.7 Å². The van der Waals surface area contributed by atoms with Crippen LogP contribution in [0.15, 0.2) is 24.5 Å². The van der Waals surface area contributed by atoms with Gasteiger partial charge in [0, 0.05) is 23.5 Å². The van der Waals surface area contributed by atoms with Crippen molar-refractivity contribution in [2.24, 2.45) is 0 Å². The summed E-state index contributed by atoms with van der Waals surface area (Å²) in [5.41, 5.74) is -0.122. The summed E-state index contributed by atoms with van der Waals surface area (Å²) in [5, 5.41) is 2.79. The molecule has 0 aliphatic carbocycles. The molecule has 1 amide bonds. The number of halogens is 2. The fourth-order valence-electron chi connectivity index (χ4n) is 1.79. The molecule has 0 bridgehead atoms. The summed E-state index contributed by atoms with van der Waals surface area (Å²) in [6.07, 6.45) is 1.86. The van der Waals surface area contributed by atoms with E-state index in [0.717, 1.165) is 11.5 Å². The predicted molar refractivity (Wildman–Crippen MR) is 92.4 cm³/mol. The van der Waals surface area contributed by atoms with E-state index in [1.54, 1.807) is 12.1 Å². The van der Waals surface area contributed by atoms with Gasteiger partial charge in [-0.25, -0.2) is 4.79 Å². The van der Waals surface area contributed by atoms with Gasteiger partial charge in [0.05, 0.1) is 0 Å². The van der Waals surface area contributed by atoms with Crippen LogP contribution in [0.4, 0.5) is 0 Å². The highest BCUT2D eigenvalue weighted by atomic mass is 35.5. The number of aromatic nitrogens is 2. The molecule has 0 aromatic carbocycles. The molecule has 1 N–H and O–H groups in total. The highest BCUT2D eigenvalue weighted by molar-refractivity contribution is 7.11. The molecule has 24 heavy (non-hydrogen) atoms. The van der Waals surface area contributed by atoms with Crippen LogP contribution < -0.4 is 5.32 Å². The molecule has 0 saturated carbocycles. The number of nitrogens with zero attached hydrogens (tertiary/aromatic N) is 2. The third-order valence-electron chi connectivity index (χ3n) is 2.76. The molecule has 0 spiro atoms. The molecular weight excluding hydrogens is 373 g/mol. The standard InChI is InChI=1S/C15H15Cl2N3O3S/c1-15(2,3)19-13(21)11(8-4-6-18-7-5-8)23-14(22)10-9(16)12(17)24-20-10/h4-7,11H,1-3H3,(H,19,21)/t11-/m1/s1. The molecule has 9 heteroatoms. The number of carbonyl (C=O) groups is 2. The Morgan fingerprint density at radius 1 is 1.25 bits per heavy atom. The summed E-state index contributed by atoms with van der Waals surface area (Å²) in [4.78, 5) is 28.7. The molecule has 1 atom stereocenters. The summed E-state index contributed by atoms with van der Waals surface area (Å²) in [5.74, 6) is -1.28. The van der Waals surface area contributed by atoms with Crippen molar-refractivity contribution < 1.29 is 14.3 Å². The zero-order valence-corrected chi connectivity index (χ0v) is 15.5. The number of pyridine rings is 1. The van der Waals surface area contributed by atoms with Crippen molar-refractivity contribution in [2.45, 2.75) is 32.4 Å². The number of ether oxygens (including phenoxy) is 1. The number of rotatable bonds is 4. The maximum absolute atomic E-state index is 12.5. The molecule has 0 radical (unpaired) electrons. The van der Waals surface area contributed by atoms with E-state index in [1.165, 1.54) is 12.4 Å². The van der Waals surface area contributed by atoms with Gasteiger partial charge in [-0.05, 0) is 44.4 Å². The van der Waals surface area contributed by atoms with Crippen LogP contribution in [-0.4, -0.2) is 26.8 Å². The normalized spacial score (nSPS) is 12.5. The van der Waals surface area contributed by atoms with Crippen molar-refractivity contribution in [1.29, 1.82) is 0 Å². The molecule has 0 saturated heterocycles. The van der Waals surface area contributed by atoms with E-state index in [2.05, 4.69) is 14.7 Å². The second-order valence-corrected chi connectivity index (χ2v) is 7.68. The van der Waals surface area contributed by atoms with Crippen molar-refractivity contribution in [3.63, 3.8) is 0 Å². The first-order chi connectivity index (χ1) is 11.2. The second kappa shape index (κ2) is 7.46. The minimum absolute atomic E-state index is 0.0105. The first-order valence-corrected chi connectivity index (χ1v) is 8.45. The van der Waals surface area contributed by atoms with Crippen molar-refractivity contribution in [1.82, 2.24) is 14.7 Å². The van der Waals surface area contributed by atoms with Gasteiger partial charge < -0.3 is 10.1 Å². The number of nitrogens with one attached hydrogen (secondary N) is 1. The van der Waals surface area contributed by atoms with Crippen molar-refractivity contribution in [2.75, 3.05) is 0 Å². The Balaban J connectivity index is 2.28. The summed E-state index contributed by atoms with van der Waals surface area (Å²) in [7, 11) is 0. The molecule has 6 nitrogen and oxygen atoms in total. The van der Waals surface area contributed by atoms with E-state index in [4.69, 9.17) is 27.9 Å². The van der Waals surface area contributed by atoms with E-state index in [0.29, 0.717) is 5.56 Å².